The van der Waals surface area contributed by atoms with Gasteiger partial charge in [0.15, 0.2) is 0 Å². The van der Waals surface area contributed by atoms with Crippen LogP contribution in [-0.2, 0) is 11.2 Å². The number of rotatable bonds is 2. The summed E-state index contributed by atoms with van der Waals surface area (Å²) < 4.78 is 0. The Bertz CT molecular complexity index is 283. The van der Waals surface area contributed by atoms with E-state index in [2.05, 4.69) is 17.4 Å². The fraction of sp³-hybridized carbons (Fsp3) is 0.222. The van der Waals surface area contributed by atoms with E-state index in [0.717, 1.165) is 12.8 Å². The molecule has 1 aliphatic carbocycles. The van der Waals surface area contributed by atoms with Crippen LogP contribution < -0.4 is 5.32 Å². The van der Waals surface area contributed by atoms with Crippen molar-refractivity contribution in [2.24, 2.45) is 0 Å². The summed E-state index contributed by atoms with van der Waals surface area (Å²) in [6.45, 7) is 0. The summed E-state index contributed by atoms with van der Waals surface area (Å²) >= 11 is 0. The van der Waals surface area contributed by atoms with Gasteiger partial charge >= 0.3 is 0 Å². The third kappa shape index (κ3) is 0.909. The highest BCUT2D eigenvalue weighted by molar-refractivity contribution is 5.51. The molecule has 0 aliphatic heterocycles. The fourth-order valence-electron chi connectivity index (χ4n) is 1.49. The van der Waals surface area contributed by atoms with Crippen LogP contribution in [0.5, 0.6) is 0 Å². The lowest BCUT2D eigenvalue weighted by atomic mass is 9.83. The lowest BCUT2D eigenvalue weighted by Crippen LogP contribution is -2.29. The van der Waals surface area contributed by atoms with Crippen LogP contribution in [0, 0.1) is 0 Å². The monoisotopic (exact) mass is 147 g/mol. The number of hydrogen-bond donors (Lipinski definition) is 1. The number of nitrogens with one attached hydrogen (secondary N) is 1. The number of carbonyl (C=O) groups excluding carboxylic acids is 1. The molecule has 1 aromatic rings. The maximum Gasteiger partial charge on any atom is 0.207 e. The highest BCUT2D eigenvalue weighted by Gasteiger charge is 2.23. The first kappa shape index (κ1) is 6.40. The second kappa shape index (κ2) is 2.38. The van der Waals surface area contributed by atoms with Crippen LogP contribution in [0.2, 0.25) is 0 Å². The standard InChI is InChI=1S/C9H9NO/c11-6-10-9-5-7-3-1-2-4-8(7)9/h1-4,6,9H,5H2,(H,10,11). The molecule has 0 heterocycles. The molecule has 0 saturated carbocycles. The number of carbonyl (C=O) groups is 1. The number of benzene rings is 1. The fourth-order valence-corrected chi connectivity index (χ4v) is 1.49. The normalized spacial score (nSPS) is 19.8. The topological polar surface area (TPSA) is 29.1 Å². The van der Waals surface area contributed by atoms with Gasteiger partial charge in [0.25, 0.3) is 0 Å². The quantitative estimate of drug-likeness (QED) is 0.622. The molecule has 1 unspecified atom stereocenters. The molecule has 56 valence electrons. The molecule has 1 aromatic carbocycles. The van der Waals surface area contributed by atoms with E-state index in [-0.39, 0.29) is 6.04 Å². The minimum Gasteiger partial charge on any atom is -0.352 e. The third-order valence-corrected chi connectivity index (χ3v) is 2.12. The molecule has 0 fully saturated rings. The van der Waals surface area contributed by atoms with Crippen molar-refractivity contribution in [1.82, 2.24) is 5.32 Å². The average molecular weight is 147 g/mol. The summed E-state index contributed by atoms with van der Waals surface area (Å²) in [5.41, 5.74) is 2.62. The van der Waals surface area contributed by atoms with E-state index < -0.39 is 0 Å². The minimum absolute atomic E-state index is 0.267. The van der Waals surface area contributed by atoms with Gasteiger partial charge < -0.3 is 5.32 Å². The Morgan fingerprint density at radius 1 is 1.45 bits per heavy atom. The van der Waals surface area contributed by atoms with Gasteiger partial charge in [-0.2, -0.15) is 0 Å². The second-order valence-electron chi connectivity index (χ2n) is 2.74. The zero-order valence-electron chi connectivity index (χ0n) is 6.08. The zero-order chi connectivity index (χ0) is 7.68. The Labute approximate surface area is 65.2 Å². The second-order valence-corrected chi connectivity index (χ2v) is 2.74. The van der Waals surface area contributed by atoms with E-state index in [1.54, 1.807) is 0 Å². The van der Waals surface area contributed by atoms with Crippen molar-refractivity contribution in [3.05, 3.63) is 35.4 Å². The number of amides is 1. The van der Waals surface area contributed by atoms with Gasteiger partial charge in [0, 0.05) is 0 Å². The summed E-state index contributed by atoms with van der Waals surface area (Å²) in [4.78, 5) is 10.1. The van der Waals surface area contributed by atoms with E-state index in [1.807, 2.05) is 12.1 Å². The van der Waals surface area contributed by atoms with Crippen LogP contribution in [0.25, 0.3) is 0 Å². The molecule has 2 heteroatoms. The van der Waals surface area contributed by atoms with Crippen LogP contribution in [0.15, 0.2) is 24.3 Å². The molecule has 1 N–H and O–H groups in total. The SMILES string of the molecule is O=CNC1Cc2ccccc21. The predicted molar refractivity (Wildman–Crippen MR) is 42.1 cm³/mol. The Balaban J connectivity index is 2.22. The number of hydrogen-bond acceptors (Lipinski definition) is 1. The lowest BCUT2D eigenvalue weighted by molar-refractivity contribution is -0.110. The van der Waals surface area contributed by atoms with Gasteiger partial charge in [0.1, 0.15) is 0 Å². The van der Waals surface area contributed by atoms with Gasteiger partial charge in [-0.3, -0.25) is 4.79 Å². The van der Waals surface area contributed by atoms with Crippen molar-refractivity contribution in [3.63, 3.8) is 0 Å². The van der Waals surface area contributed by atoms with Crippen molar-refractivity contribution < 1.29 is 4.79 Å². The highest BCUT2D eigenvalue weighted by atomic mass is 16.1. The first-order chi connectivity index (χ1) is 5.42. The lowest BCUT2D eigenvalue weighted by Gasteiger charge is -2.29. The Hall–Kier alpha value is -1.31. The maximum atomic E-state index is 10.1. The molecule has 0 spiro atoms. The van der Waals surface area contributed by atoms with Crippen molar-refractivity contribution in [2.75, 3.05) is 0 Å². The van der Waals surface area contributed by atoms with E-state index in [9.17, 15) is 4.79 Å². The molecule has 0 radical (unpaired) electrons. The van der Waals surface area contributed by atoms with Gasteiger partial charge in [0.2, 0.25) is 6.41 Å². The van der Waals surface area contributed by atoms with Gasteiger partial charge in [-0.15, -0.1) is 0 Å². The van der Waals surface area contributed by atoms with Crippen molar-refractivity contribution in [1.29, 1.82) is 0 Å². The first-order valence-electron chi connectivity index (χ1n) is 3.69. The van der Waals surface area contributed by atoms with E-state index in [0.29, 0.717) is 0 Å². The van der Waals surface area contributed by atoms with Crippen LogP contribution in [0.1, 0.15) is 17.2 Å². The van der Waals surface area contributed by atoms with Crippen LogP contribution in [0.3, 0.4) is 0 Å². The van der Waals surface area contributed by atoms with Gasteiger partial charge in [-0.05, 0) is 17.5 Å². The summed E-state index contributed by atoms with van der Waals surface area (Å²) in [6, 6.07) is 8.44. The number of fused-ring (bicyclic) bond motifs is 1. The third-order valence-electron chi connectivity index (χ3n) is 2.12. The van der Waals surface area contributed by atoms with Gasteiger partial charge in [-0.25, -0.2) is 0 Å². The molecule has 2 rings (SSSR count). The minimum atomic E-state index is 0.267. The molecular weight excluding hydrogens is 138 g/mol. The van der Waals surface area contributed by atoms with Gasteiger partial charge in [-0.1, -0.05) is 24.3 Å². The molecule has 0 bridgehead atoms. The molecule has 0 aromatic heterocycles. The Morgan fingerprint density at radius 3 is 3.00 bits per heavy atom. The van der Waals surface area contributed by atoms with Crippen LogP contribution in [-0.4, -0.2) is 6.41 Å². The molecular formula is C9H9NO. The van der Waals surface area contributed by atoms with Crippen molar-refractivity contribution in [2.45, 2.75) is 12.5 Å². The smallest absolute Gasteiger partial charge is 0.207 e. The van der Waals surface area contributed by atoms with Gasteiger partial charge in [0.05, 0.1) is 6.04 Å². The molecule has 0 saturated heterocycles. The molecule has 2 nitrogen and oxygen atoms in total. The predicted octanol–water partition coefficient (Wildman–Crippen LogP) is 1.03. The van der Waals surface area contributed by atoms with E-state index >= 15 is 0 Å². The summed E-state index contributed by atoms with van der Waals surface area (Å²) in [6.07, 6.45) is 1.75. The summed E-state index contributed by atoms with van der Waals surface area (Å²) in [5.74, 6) is 0. The summed E-state index contributed by atoms with van der Waals surface area (Å²) in [7, 11) is 0. The molecule has 1 aliphatic rings. The summed E-state index contributed by atoms with van der Waals surface area (Å²) in [5, 5.41) is 2.76. The van der Waals surface area contributed by atoms with Crippen LogP contribution in [0.4, 0.5) is 0 Å². The molecule has 1 atom stereocenters. The Kier molecular flexibility index (Phi) is 1.39. The average Bonchev–Trinajstić information content (AvgIpc) is 2.01. The van der Waals surface area contributed by atoms with Crippen LogP contribution >= 0.6 is 0 Å². The van der Waals surface area contributed by atoms with Crippen molar-refractivity contribution >= 4 is 6.41 Å². The zero-order valence-corrected chi connectivity index (χ0v) is 6.08. The van der Waals surface area contributed by atoms with Crippen molar-refractivity contribution in [3.8, 4) is 0 Å². The van der Waals surface area contributed by atoms with E-state index in [1.165, 1.54) is 11.1 Å². The largest absolute Gasteiger partial charge is 0.352 e. The molecule has 11 heavy (non-hydrogen) atoms. The highest BCUT2D eigenvalue weighted by Crippen LogP contribution is 2.31. The molecule has 1 amide bonds. The maximum absolute atomic E-state index is 10.1. The first-order valence-corrected chi connectivity index (χ1v) is 3.69. The Morgan fingerprint density at radius 2 is 2.27 bits per heavy atom. The van der Waals surface area contributed by atoms with E-state index in [4.69, 9.17) is 0 Å².